The lowest BCUT2D eigenvalue weighted by molar-refractivity contribution is -0.124. The van der Waals surface area contributed by atoms with E-state index in [9.17, 15) is 14.7 Å². The first kappa shape index (κ1) is 23.5. The van der Waals surface area contributed by atoms with Crippen LogP contribution in [0, 0.1) is 5.92 Å². The third-order valence-electron chi connectivity index (χ3n) is 3.96. The van der Waals surface area contributed by atoms with E-state index < -0.39 is 29.7 Å². The van der Waals surface area contributed by atoms with Gasteiger partial charge in [-0.2, -0.15) is 0 Å². The van der Waals surface area contributed by atoms with Gasteiger partial charge in [-0.1, -0.05) is 49.5 Å². The first-order chi connectivity index (χ1) is 12.4. The summed E-state index contributed by atoms with van der Waals surface area (Å²) in [5, 5.41) is 16.3. The Bertz CT molecular complexity index is 662. The molecule has 0 aliphatic heterocycles. The summed E-state index contributed by atoms with van der Waals surface area (Å²) in [6.45, 7) is 8.96. The van der Waals surface area contributed by atoms with Crippen LogP contribution in [0.25, 0.3) is 0 Å². The molecule has 1 rings (SSSR count). The molecule has 0 fully saturated rings. The van der Waals surface area contributed by atoms with E-state index in [0.29, 0.717) is 22.0 Å². The Balaban J connectivity index is 2.74. The summed E-state index contributed by atoms with van der Waals surface area (Å²) in [6, 6.07) is 3.96. The van der Waals surface area contributed by atoms with Crippen LogP contribution in [0.3, 0.4) is 0 Å². The first-order valence-electron chi connectivity index (χ1n) is 8.84. The second-order valence-electron chi connectivity index (χ2n) is 7.44. The lowest BCUT2D eigenvalue weighted by Gasteiger charge is -2.26. The summed E-state index contributed by atoms with van der Waals surface area (Å²) in [4.78, 5) is 24.6. The number of carbonyl (C=O) groups excluding carboxylic acids is 2. The van der Waals surface area contributed by atoms with Crippen molar-refractivity contribution < 1.29 is 19.4 Å². The zero-order valence-electron chi connectivity index (χ0n) is 16.3. The number of carbonyl (C=O) groups is 2. The lowest BCUT2D eigenvalue weighted by Crippen LogP contribution is -2.51. The number of nitrogens with one attached hydrogen (secondary N) is 2. The van der Waals surface area contributed by atoms with E-state index in [2.05, 4.69) is 10.6 Å². The normalized spacial score (nSPS) is 14.8. The van der Waals surface area contributed by atoms with Gasteiger partial charge in [0.05, 0.1) is 6.10 Å². The Kier molecular flexibility index (Phi) is 8.85. The van der Waals surface area contributed by atoms with Crippen LogP contribution >= 0.6 is 23.2 Å². The molecule has 0 saturated heterocycles. The minimum Gasteiger partial charge on any atom is -0.444 e. The van der Waals surface area contributed by atoms with E-state index in [0.717, 1.165) is 0 Å². The van der Waals surface area contributed by atoms with Crippen LogP contribution in [-0.4, -0.2) is 35.3 Å². The zero-order valence-corrected chi connectivity index (χ0v) is 17.8. The number of aliphatic hydroxyl groups is 1. The quantitative estimate of drug-likeness (QED) is 0.622. The standard InChI is InChI=1S/C19H28Cl2N2O4/c1-6-11(2)16(23-18(26)27-19(3,4)5)17(25)22-10-15(24)13-8-7-12(20)9-14(13)21/h7-9,11,15-16,24H,6,10H2,1-5H3,(H,22,25)(H,23,26). The predicted octanol–water partition coefficient (Wildman–Crippen LogP) is 4.08. The molecule has 152 valence electrons. The molecule has 3 atom stereocenters. The molecule has 8 heteroatoms. The highest BCUT2D eigenvalue weighted by atomic mass is 35.5. The summed E-state index contributed by atoms with van der Waals surface area (Å²) in [6.07, 6.45) is -0.985. The molecule has 0 bridgehead atoms. The summed E-state index contributed by atoms with van der Waals surface area (Å²) < 4.78 is 5.23. The van der Waals surface area contributed by atoms with E-state index in [-0.39, 0.29) is 12.5 Å². The Morgan fingerprint density at radius 3 is 2.41 bits per heavy atom. The summed E-state index contributed by atoms with van der Waals surface area (Å²) in [5.74, 6) is -0.520. The molecular formula is C19H28Cl2N2O4. The number of hydrogen-bond donors (Lipinski definition) is 3. The Morgan fingerprint density at radius 1 is 1.26 bits per heavy atom. The van der Waals surface area contributed by atoms with Gasteiger partial charge in [-0.15, -0.1) is 0 Å². The molecule has 0 aliphatic rings. The molecule has 0 aromatic heterocycles. The molecule has 3 N–H and O–H groups in total. The van der Waals surface area contributed by atoms with E-state index in [1.165, 1.54) is 6.07 Å². The fourth-order valence-electron chi connectivity index (χ4n) is 2.33. The number of benzene rings is 1. The molecule has 1 aromatic rings. The highest BCUT2D eigenvalue weighted by Crippen LogP contribution is 2.26. The minimum absolute atomic E-state index is 0.0525. The number of halogens is 2. The van der Waals surface area contributed by atoms with Crippen molar-refractivity contribution in [2.45, 2.75) is 58.8 Å². The summed E-state index contributed by atoms with van der Waals surface area (Å²) in [5.41, 5.74) is -0.205. The van der Waals surface area contributed by atoms with Gasteiger partial charge < -0.3 is 20.5 Å². The smallest absolute Gasteiger partial charge is 0.408 e. The maximum absolute atomic E-state index is 12.6. The number of hydrogen-bond acceptors (Lipinski definition) is 4. The third-order valence-corrected chi connectivity index (χ3v) is 4.52. The van der Waals surface area contributed by atoms with Gasteiger partial charge >= 0.3 is 6.09 Å². The largest absolute Gasteiger partial charge is 0.444 e. The molecule has 0 spiro atoms. The fraction of sp³-hybridized carbons (Fsp3) is 0.579. The van der Waals surface area contributed by atoms with Crippen molar-refractivity contribution in [3.8, 4) is 0 Å². The average Bonchev–Trinajstić information content (AvgIpc) is 2.55. The van der Waals surface area contributed by atoms with E-state index in [1.54, 1.807) is 32.9 Å². The first-order valence-corrected chi connectivity index (χ1v) is 9.60. The van der Waals surface area contributed by atoms with Crippen molar-refractivity contribution in [3.05, 3.63) is 33.8 Å². The Labute approximate surface area is 170 Å². The zero-order chi connectivity index (χ0) is 20.8. The molecule has 3 unspecified atom stereocenters. The monoisotopic (exact) mass is 418 g/mol. The number of rotatable bonds is 7. The molecule has 1 aromatic carbocycles. The maximum atomic E-state index is 12.6. The Hall–Kier alpha value is -1.50. The van der Waals surface area contributed by atoms with E-state index in [4.69, 9.17) is 27.9 Å². The van der Waals surface area contributed by atoms with Crippen LogP contribution in [0.5, 0.6) is 0 Å². The summed E-state index contributed by atoms with van der Waals surface area (Å²) in [7, 11) is 0. The van der Waals surface area contributed by atoms with E-state index >= 15 is 0 Å². The SMILES string of the molecule is CCC(C)C(NC(=O)OC(C)(C)C)C(=O)NCC(O)c1ccc(Cl)cc1Cl. The van der Waals surface area contributed by atoms with Gasteiger partial charge in [-0.25, -0.2) is 4.79 Å². The van der Waals surface area contributed by atoms with Gasteiger partial charge in [0.25, 0.3) is 0 Å². The molecular weight excluding hydrogens is 391 g/mol. The maximum Gasteiger partial charge on any atom is 0.408 e. The molecule has 0 saturated carbocycles. The number of aliphatic hydroxyl groups excluding tert-OH is 1. The van der Waals surface area contributed by atoms with Gasteiger partial charge in [-0.3, -0.25) is 4.79 Å². The molecule has 0 radical (unpaired) electrons. The van der Waals surface area contributed by atoms with Crippen LogP contribution in [0.15, 0.2) is 18.2 Å². The van der Waals surface area contributed by atoms with Gasteiger partial charge in [-0.05, 0) is 38.8 Å². The van der Waals surface area contributed by atoms with Crippen molar-refractivity contribution in [2.24, 2.45) is 5.92 Å². The van der Waals surface area contributed by atoms with Crippen LogP contribution in [0.1, 0.15) is 52.7 Å². The summed E-state index contributed by atoms with van der Waals surface area (Å²) >= 11 is 11.9. The van der Waals surface area contributed by atoms with E-state index in [1.807, 2.05) is 13.8 Å². The molecule has 0 heterocycles. The molecule has 27 heavy (non-hydrogen) atoms. The number of ether oxygens (including phenoxy) is 1. The van der Waals surface area contributed by atoms with Gasteiger partial charge in [0.15, 0.2) is 0 Å². The van der Waals surface area contributed by atoms with Crippen molar-refractivity contribution >= 4 is 35.2 Å². The molecule has 6 nitrogen and oxygen atoms in total. The topological polar surface area (TPSA) is 87.7 Å². The fourth-order valence-corrected chi connectivity index (χ4v) is 2.86. The predicted molar refractivity (Wildman–Crippen MR) is 107 cm³/mol. The van der Waals surface area contributed by atoms with Crippen molar-refractivity contribution in [1.82, 2.24) is 10.6 Å². The van der Waals surface area contributed by atoms with Crippen LogP contribution in [0.2, 0.25) is 10.0 Å². The third kappa shape index (κ3) is 7.95. The second kappa shape index (κ2) is 10.2. The van der Waals surface area contributed by atoms with Crippen molar-refractivity contribution in [3.63, 3.8) is 0 Å². The minimum atomic E-state index is -1.00. The van der Waals surface area contributed by atoms with Crippen LogP contribution < -0.4 is 10.6 Å². The van der Waals surface area contributed by atoms with Crippen LogP contribution in [0.4, 0.5) is 4.79 Å². The van der Waals surface area contributed by atoms with Gasteiger partial charge in [0.1, 0.15) is 11.6 Å². The number of amides is 2. The molecule has 2 amide bonds. The molecule has 0 aliphatic carbocycles. The second-order valence-corrected chi connectivity index (χ2v) is 8.28. The van der Waals surface area contributed by atoms with Crippen molar-refractivity contribution in [1.29, 1.82) is 0 Å². The van der Waals surface area contributed by atoms with Crippen LogP contribution in [-0.2, 0) is 9.53 Å². The highest BCUT2D eigenvalue weighted by Gasteiger charge is 2.28. The average molecular weight is 419 g/mol. The number of alkyl carbamates (subject to hydrolysis) is 1. The lowest BCUT2D eigenvalue weighted by atomic mass is 9.98. The van der Waals surface area contributed by atoms with Gasteiger partial charge in [0.2, 0.25) is 5.91 Å². The van der Waals surface area contributed by atoms with Gasteiger partial charge in [0, 0.05) is 22.2 Å². The Morgan fingerprint density at radius 2 is 1.89 bits per heavy atom. The highest BCUT2D eigenvalue weighted by molar-refractivity contribution is 6.35. The van der Waals surface area contributed by atoms with Crippen molar-refractivity contribution in [2.75, 3.05) is 6.54 Å².